The van der Waals surface area contributed by atoms with Crippen molar-refractivity contribution in [2.75, 3.05) is 6.54 Å². The molecule has 2 aromatic rings. The van der Waals surface area contributed by atoms with Crippen molar-refractivity contribution < 1.29 is 18.0 Å². The van der Waals surface area contributed by atoms with Crippen LogP contribution in [0.5, 0.6) is 0 Å². The third-order valence-corrected chi connectivity index (χ3v) is 5.90. The fraction of sp³-hybridized carbons (Fsp3) is 0.318. The molecule has 1 aromatic heterocycles. The molecule has 170 valence electrons. The fourth-order valence-corrected chi connectivity index (χ4v) is 4.18. The standard InChI is InChI=1S/C22H22ClF3N4OS/c1-12-6-17(19(32)9-16(12)20-18(23)11-28-30(20)2)21(31)29-15(10-27)8-13-4-3-5-14(7-13)22(24,25)26/h3-7,11,15H,8-10,27H2,1-2H3,(H,29,31)/t15-/m0/s1. The van der Waals surface area contributed by atoms with Crippen LogP contribution in [-0.2, 0) is 24.4 Å². The highest BCUT2D eigenvalue weighted by Gasteiger charge is 2.31. The van der Waals surface area contributed by atoms with E-state index in [1.807, 2.05) is 6.92 Å². The topological polar surface area (TPSA) is 72.9 Å². The summed E-state index contributed by atoms with van der Waals surface area (Å²) >= 11 is 11.7. The van der Waals surface area contributed by atoms with Crippen LogP contribution >= 0.6 is 23.8 Å². The summed E-state index contributed by atoms with van der Waals surface area (Å²) in [5, 5.41) is 7.43. The van der Waals surface area contributed by atoms with Crippen LogP contribution in [0.4, 0.5) is 13.2 Å². The molecule has 5 nitrogen and oxygen atoms in total. The van der Waals surface area contributed by atoms with Gasteiger partial charge in [-0.25, -0.2) is 0 Å². The summed E-state index contributed by atoms with van der Waals surface area (Å²) in [5.41, 5.74) is 8.26. The summed E-state index contributed by atoms with van der Waals surface area (Å²) in [7, 11) is 1.77. The molecule has 3 rings (SSSR count). The Hall–Kier alpha value is -2.49. The molecule has 1 aliphatic carbocycles. The maximum Gasteiger partial charge on any atom is 0.416 e. The second-order valence-corrected chi connectivity index (χ2v) is 8.49. The van der Waals surface area contributed by atoms with E-state index in [4.69, 9.17) is 29.6 Å². The van der Waals surface area contributed by atoms with Gasteiger partial charge in [0.1, 0.15) is 0 Å². The molecule has 1 aromatic carbocycles. The molecule has 1 aliphatic rings. The Balaban J connectivity index is 1.78. The minimum Gasteiger partial charge on any atom is -0.348 e. The summed E-state index contributed by atoms with van der Waals surface area (Å²) in [6.07, 6.45) is -0.685. The third kappa shape index (κ3) is 5.28. The van der Waals surface area contributed by atoms with Crippen LogP contribution in [0.2, 0.25) is 5.02 Å². The van der Waals surface area contributed by atoms with E-state index in [1.54, 1.807) is 30.1 Å². The number of nitrogens with two attached hydrogens (primary N) is 1. The summed E-state index contributed by atoms with van der Waals surface area (Å²) in [6, 6.07) is 4.44. The molecule has 0 aliphatic heterocycles. The lowest BCUT2D eigenvalue weighted by molar-refractivity contribution is -0.137. The van der Waals surface area contributed by atoms with Crippen molar-refractivity contribution in [1.82, 2.24) is 15.1 Å². The maximum atomic E-state index is 13.0. The number of nitrogens with zero attached hydrogens (tertiary/aromatic N) is 2. The molecule has 0 bridgehead atoms. The van der Waals surface area contributed by atoms with Crippen molar-refractivity contribution in [3.8, 4) is 0 Å². The number of carbonyl (C=O) groups excluding carboxylic acids is 1. The molecule has 0 fully saturated rings. The molecule has 1 atom stereocenters. The number of nitrogens with one attached hydrogen (secondary N) is 1. The molecule has 1 heterocycles. The molecule has 0 radical (unpaired) electrons. The van der Waals surface area contributed by atoms with Crippen LogP contribution in [0, 0.1) is 0 Å². The van der Waals surface area contributed by atoms with Crippen LogP contribution in [-0.4, -0.2) is 33.1 Å². The number of amides is 1. The molecule has 3 N–H and O–H groups in total. The molecule has 32 heavy (non-hydrogen) atoms. The lowest BCUT2D eigenvalue weighted by Gasteiger charge is -2.22. The Morgan fingerprint density at radius 2 is 2.12 bits per heavy atom. The summed E-state index contributed by atoms with van der Waals surface area (Å²) in [6.45, 7) is 1.92. The van der Waals surface area contributed by atoms with Gasteiger partial charge in [-0.3, -0.25) is 9.48 Å². The normalized spacial score (nSPS) is 15.6. The molecule has 0 saturated heterocycles. The fourth-order valence-electron chi connectivity index (χ4n) is 3.61. The van der Waals surface area contributed by atoms with E-state index in [2.05, 4.69) is 10.4 Å². The van der Waals surface area contributed by atoms with E-state index in [0.29, 0.717) is 27.4 Å². The van der Waals surface area contributed by atoms with E-state index < -0.39 is 23.7 Å². The maximum absolute atomic E-state index is 13.0. The summed E-state index contributed by atoms with van der Waals surface area (Å²) in [5.74, 6) is -0.410. The van der Waals surface area contributed by atoms with Gasteiger partial charge in [0.05, 0.1) is 28.0 Å². The number of hydrogen-bond acceptors (Lipinski definition) is 4. The average Bonchev–Trinajstić information content (AvgIpc) is 3.06. The largest absolute Gasteiger partial charge is 0.416 e. The van der Waals surface area contributed by atoms with Gasteiger partial charge in [0, 0.05) is 30.9 Å². The number of aryl methyl sites for hydroxylation is 1. The smallest absolute Gasteiger partial charge is 0.348 e. The lowest BCUT2D eigenvalue weighted by atomic mass is 9.90. The van der Waals surface area contributed by atoms with Crippen LogP contribution in [0.1, 0.15) is 30.2 Å². The van der Waals surface area contributed by atoms with Crippen molar-refractivity contribution in [2.24, 2.45) is 12.8 Å². The van der Waals surface area contributed by atoms with Gasteiger partial charge in [0.15, 0.2) is 0 Å². The second-order valence-electron chi connectivity index (χ2n) is 7.59. The molecule has 10 heteroatoms. The summed E-state index contributed by atoms with van der Waals surface area (Å²) in [4.78, 5) is 13.3. The number of carbonyl (C=O) groups is 1. The second kappa shape index (κ2) is 9.56. The Bertz CT molecular complexity index is 1100. The minimum absolute atomic E-state index is 0.0622. The molecular formula is C22H22ClF3N4OS. The molecule has 1 amide bonds. The van der Waals surface area contributed by atoms with Gasteiger partial charge in [-0.15, -0.1) is 0 Å². The third-order valence-electron chi connectivity index (χ3n) is 5.26. The number of aromatic nitrogens is 2. The zero-order chi connectivity index (χ0) is 23.6. The van der Waals surface area contributed by atoms with E-state index in [1.165, 1.54) is 6.07 Å². The van der Waals surface area contributed by atoms with Crippen molar-refractivity contribution in [1.29, 1.82) is 0 Å². The van der Waals surface area contributed by atoms with Crippen molar-refractivity contribution in [3.63, 3.8) is 0 Å². The SMILES string of the molecule is CC1=C(c2c(Cl)cnn2C)CC(=S)C(C(=O)N[C@H](CN)Cc2cccc(C(F)(F)F)c2)=C1. The number of thiocarbonyl (C=S) groups is 1. The zero-order valence-electron chi connectivity index (χ0n) is 17.5. The first-order valence-electron chi connectivity index (χ1n) is 9.80. The highest BCUT2D eigenvalue weighted by molar-refractivity contribution is 7.81. The van der Waals surface area contributed by atoms with Gasteiger partial charge in [0.2, 0.25) is 0 Å². The Kier molecular flexibility index (Phi) is 7.22. The van der Waals surface area contributed by atoms with E-state index >= 15 is 0 Å². The predicted octanol–water partition coefficient (Wildman–Crippen LogP) is 4.25. The molecule has 0 unspecified atom stereocenters. The first-order chi connectivity index (χ1) is 15.0. The number of benzene rings is 1. The van der Waals surface area contributed by atoms with Gasteiger partial charge in [-0.1, -0.05) is 42.0 Å². The average molecular weight is 483 g/mol. The van der Waals surface area contributed by atoms with Gasteiger partial charge >= 0.3 is 6.18 Å². The number of halogens is 4. The Morgan fingerprint density at radius 1 is 1.41 bits per heavy atom. The van der Waals surface area contributed by atoms with Crippen molar-refractivity contribution >= 4 is 40.2 Å². The molecular weight excluding hydrogens is 461 g/mol. The van der Waals surface area contributed by atoms with Crippen LogP contribution < -0.4 is 11.1 Å². The first kappa shape index (κ1) is 24.2. The summed E-state index contributed by atoms with van der Waals surface area (Å²) < 4.78 is 40.6. The lowest BCUT2D eigenvalue weighted by Crippen LogP contribution is -2.43. The van der Waals surface area contributed by atoms with Gasteiger partial charge in [-0.05, 0) is 42.2 Å². The monoisotopic (exact) mass is 482 g/mol. The van der Waals surface area contributed by atoms with E-state index in [0.717, 1.165) is 29.0 Å². The quantitative estimate of drug-likeness (QED) is 0.604. The van der Waals surface area contributed by atoms with E-state index in [9.17, 15) is 18.0 Å². The van der Waals surface area contributed by atoms with Gasteiger partial charge in [0.25, 0.3) is 5.91 Å². The minimum atomic E-state index is -4.44. The van der Waals surface area contributed by atoms with Gasteiger partial charge < -0.3 is 11.1 Å². The number of hydrogen-bond donors (Lipinski definition) is 2. The van der Waals surface area contributed by atoms with Gasteiger partial charge in [-0.2, -0.15) is 18.3 Å². The van der Waals surface area contributed by atoms with Crippen molar-refractivity contribution in [3.05, 3.63) is 69.5 Å². The van der Waals surface area contributed by atoms with Crippen molar-refractivity contribution in [2.45, 2.75) is 32.0 Å². The Morgan fingerprint density at radius 3 is 2.72 bits per heavy atom. The molecule has 0 spiro atoms. The zero-order valence-corrected chi connectivity index (χ0v) is 19.0. The van der Waals surface area contributed by atoms with Crippen LogP contribution in [0.25, 0.3) is 5.57 Å². The number of alkyl halides is 3. The highest BCUT2D eigenvalue weighted by Crippen LogP contribution is 2.34. The Labute approximate surface area is 194 Å². The number of allylic oxidation sites excluding steroid dienone is 3. The van der Waals surface area contributed by atoms with Crippen LogP contribution in [0.15, 0.2) is 47.7 Å². The first-order valence-corrected chi connectivity index (χ1v) is 10.6. The predicted molar refractivity (Wildman–Crippen MR) is 122 cm³/mol. The van der Waals surface area contributed by atoms with E-state index in [-0.39, 0.29) is 13.0 Å². The van der Waals surface area contributed by atoms with Crippen LogP contribution in [0.3, 0.4) is 0 Å². The molecule has 0 saturated carbocycles. The number of rotatable bonds is 6. The highest BCUT2D eigenvalue weighted by atomic mass is 35.5.